The predicted molar refractivity (Wildman–Crippen MR) is 64.3 cm³/mol. The van der Waals surface area contributed by atoms with Crippen LogP contribution in [0.5, 0.6) is 5.75 Å². The van der Waals surface area contributed by atoms with Crippen molar-refractivity contribution >= 4 is 17.3 Å². The predicted octanol–water partition coefficient (Wildman–Crippen LogP) is 2.42. The van der Waals surface area contributed by atoms with E-state index in [0.717, 1.165) is 11.4 Å². The molecule has 16 heavy (non-hydrogen) atoms. The van der Waals surface area contributed by atoms with Crippen molar-refractivity contribution in [2.24, 2.45) is 0 Å². The monoisotopic (exact) mass is 237 g/mol. The SMILES string of the molecule is COc1ccc(-n2cc(N)c(C)n2)cc1Cl. The first-order chi connectivity index (χ1) is 7.61. The molecule has 0 saturated heterocycles. The number of anilines is 1. The second-order valence-corrected chi connectivity index (χ2v) is 3.84. The number of methoxy groups -OCH3 is 1. The standard InChI is InChI=1S/C11H12ClN3O/c1-7-10(13)6-15(14-7)8-3-4-11(16-2)9(12)5-8/h3-6H,13H2,1-2H3. The van der Waals surface area contributed by atoms with Crippen LogP contribution in [-0.2, 0) is 0 Å². The molecule has 5 heteroatoms. The lowest BCUT2D eigenvalue weighted by molar-refractivity contribution is 0.415. The maximum absolute atomic E-state index is 6.03. The summed E-state index contributed by atoms with van der Waals surface area (Å²) < 4.78 is 6.77. The molecule has 0 radical (unpaired) electrons. The van der Waals surface area contributed by atoms with E-state index in [1.54, 1.807) is 30.1 Å². The smallest absolute Gasteiger partial charge is 0.137 e. The number of aryl methyl sites for hydroxylation is 1. The van der Waals surface area contributed by atoms with Crippen LogP contribution in [0, 0.1) is 6.92 Å². The molecule has 1 aromatic carbocycles. The van der Waals surface area contributed by atoms with Crippen LogP contribution in [0.1, 0.15) is 5.69 Å². The lowest BCUT2D eigenvalue weighted by Crippen LogP contribution is -1.95. The van der Waals surface area contributed by atoms with Crippen LogP contribution in [0.15, 0.2) is 24.4 Å². The van der Waals surface area contributed by atoms with E-state index >= 15 is 0 Å². The van der Waals surface area contributed by atoms with E-state index in [-0.39, 0.29) is 0 Å². The summed E-state index contributed by atoms with van der Waals surface area (Å²) in [5.74, 6) is 0.641. The summed E-state index contributed by atoms with van der Waals surface area (Å²) in [7, 11) is 1.58. The molecule has 0 saturated carbocycles. The Balaban J connectivity index is 2.45. The van der Waals surface area contributed by atoms with Gasteiger partial charge >= 0.3 is 0 Å². The van der Waals surface area contributed by atoms with Gasteiger partial charge in [0.1, 0.15) is 5.75 Å². The van der Waals surface area contributed by atoms with Crippen molar-refractivity contribution in [1.29, 1.82) is 0 Å². The molecule has 0 fully saturated rings. The highest BCUT2D eigenvalue weighted by atomic mass is 35.5. The van der Waals surface area contributed by atoms with Gasteiger partial charge in [0.2, 0.25) is 0 Å². The fourth-order valence-corrected chi connectivity index (χ4v) is 1.66. The van der Waals surface area contributed by atoms with E-state index in [9.17, 15) is 0 Å². The van der Waals surface area contributed by atoms with E-state index in [2.05, 4.69) is 5.10 Å². The zero-order chi connectivity index (χ0) is 11.7. The minimum atomic E-state index is 0.548. The number of rotatable bonds is 2. The average molecular weight is 238 g/mol. The highest BCUT2D eigenvalue weighted by molar-refractivity contribution is 6.32. The third-order valence-electron chi connectivity index (χ3n) is 2.34. The first-order valence-electron chi connectivity index (χ1n) is 4.77. The Kier molecular flexibility index (Phi) is 2.75. The maximum Gasteiger partial charge on any atom is 0.137 e. The molecule has 0 aliphatic rings. The zero-order valence-corrected chi connectivity index (χ0v) is 9.82. The number of hydrogen-bond acceptors (Lipinski definition) is 3. The average Bonchev–Trinajstić information content (AvgIpc) is 2.59. The summed E-state index contributed by atoms with van der Waals surface area (Å²) in [5, 5.41) is 4.82. The van der Waals surface area contributed by atoms with Crippen LogP contribution in [0.4, 0.5) is 5.69 Å². The van der Waals surface area contributed by atoms with Crippen molar-refractivity contribution < 1.29 is 4.74 Å². The number of nitrogens with zero attached hydrogens (tertiary/aromatic N) is 2. The molecule has 1 heterocycles. The lowest BCUT2D eigenvalue weighted by atomic mass is 10.3. The number of nitrogen functional groups attached to an aromatic ring is 1. The van der Waals surface area contributed by atoms with E-state index in [1.807, 2.05) is 13.0 Å². The minimum absolute atomic E-state index is 0.548. The quantitative estimate of drug-likeness (QED) is 0.873. The van der Waals surface area contributed by atoms with E-state index in [4.69, 9.17) is 22.1 Å². The van der Waals surface area contributed by atoms with Gasteiger partial charge in [-0.05, 0) is 25.1 Å². The largest absolute Gasteiger partial charge is 0.495 e. The number of aromatic nitrogens is 2. The molecule has 0 amide bonds. The Labute approximate surface area is 98.6 Å². The molecule has 0 spiro atoms. The van der Waals surface area contributed by atoms with Gasteiger partial charge in [0.05, 0.1) is 35.4 Å². The molecular formula is C11H12ClN3O. The van der Waals surface area contributed by atoms with E-state index in [0.29, 0.717) is 16.5 Å². The van der Waals surface area contributed by atoms with Crippen molar-refractivity contribution in [1.82, 2.24) is 9.78 Å². The Hall–Kier alpha value is -1.68. The highest BCUT2D eigenvalue weighted by Crippen LogP contribution is 2.26. The zero-order valence-electron chi connectivity index (χ0n) is 9.07. The van der Waals surface area contributed by atoms with Crippen LogP contribution in [0.25, 0.3) is 5.69 Å². The third-order valence-corrected chi connectivity index (χ3v) is 2.63. The van der Waals surface area contributed by atoms with E-state index in [1.165, 1.54) is 0 Å². The molecule has 84 valence electrons. The van der Waals surface area contributed by atoms with Gasteiger partial charge in [0.25, 0.3) is 0 Å². The Morgan fingerprint density at radius 3 is 2.69 bits per heavy atom. The number of ether oxygens (including phenoxy) is 1. The Morgan fingerprint density at radius 2 is 2.19 bits per heavy atom. The summed E-state index contributed by atoms with van der Waals surface area (Å²) in [6.07, 6.45) is 1.76. The summed E-state index contributed by atoms with van der Waals surface area (Å²) >= 11 is 6.03. The first-order valence-corrected chi connectivity index (χ1v) is 5.15. The molecule has 2 N–H and O–H groups in total. The van der Waals surface area contributed by atoms with Gasteiger partial charge in [-0.15, -0.1) is 0 Å². The molecule has 2 aromatic rings. The van der Waals surface area contributed by atoms with Crippen molar-refractivity contribution in [3.05, 3.63) is 35.1 Å². The molecular weight excluding hydrogens is 226 g/mol. The van der Waals surface area contributed by atoms with Crippen LogP contribution in [0.3, 0.4) is 0 Å². The van der Waals surface area contributed by atoms with Crippen molar-refractivity contribution in [2.75, 3.05) is 12.8 Å². The number of hydrogen-bond donors (Lipinski definition) is 1. The maximum atomic E-state index is 6.03. The summed E-state index contributed by atoms with van der Waals surface area (Å²) in [4.78, 5) is 0. The highest BCUT2D eigenvalue weighted by Gasteiger charge is 2.06. The van der Waals surface area contributed by atoms with Crippen molar-refractivity contribution in [3.8, 4) is 11.4 Å². The molecule has 0 unspecified atom stereocenters. The topological polar surface area (TPSA) is 53.1 Å². The van der Waals surface area contributed by atoms with Crippen LogP contribution < -0.4 is 10.5 Å². The summed E-state index contributed by atoms with van der Waals surface area (Å²) in [6, 6.07) is 5.45. The lowest BCUT2D eigenvalue weighted by Gasteiger charge is -2.05. The van der Waals surface area contributed by atoms with Gasteiger partial charge in [-0.2, -0.15) is 5.10 Å². The van der Waals surface area contributed by atoms with Gasteiger partial charge in [0, 0.05) is 0 Å². The third kappa shape index (κ3) is 1.84. The Morgan fingerprint density at radius 1 is 1.44 bits per heavy atom. The normalized spacial score (nSPS) is 10.4. The molecule has 0 bridgehead atoms. The van der Waals surface area contributed by atoms with Gasteiger partial charge in [0.15, 0.2) is 0 Å². The van der Waals surface area contributed by atoms with Gasteiger partial charge in [-0.25, -0.2) is 4.68 Å². The first kappa shape index (κ1) is 10.8. The second-order valence-electron chi connectivity index (χ2n) is 3.43. The van der Waals surface area contributed by atoms with Crippen molar-refractivity contribution in [2.45, 2.75) is 6.92 Å². The van der Waals surface area contributed by atoms with Crippen molar-refractivity contribution in [3.63, 3.8) is 0 Å². The fourth-order valence-electron chi connectivity index (χ4n) is 1.40. The Bertz CT molecular complexity index is 502. The number of benzene rings is 1. The second kappa shape index (κ2) is 4.06. The molecule has 2 rings (SSSR count). The molecule has 0 atom stereocenters. The minimum Gasteiger partial charge on any atom is -0.495 e. The number of halogens is 1. The van der Waals surface area contributed by atoms with Crippen LogP contribution in [-0.4, -0.2) is 16.9 Å². The fraction of sp³-hybridized carbons (Fsp3) is 0.182. The summed E-state index contributed by atoms with van der Waals surface area (Å²) in [5.41, 5.74) is 8.04. The van der Waals surface area contributed by atoms with E-state index < -0.39 is 0 Å². The molecule has 4 nitrogen and oxygen atoms in total. The van der Waals surface area contributed by atoms with Gasteiger partial charge in [-0.1, -0.05) is 11.6 Å². The molecule has 0 aliphatic heterocycles. The summed E-state index contributed by atoms with van der Waals surface area (Å²) in [6.45, 7) is 1.86. The van der Waals surface area contributed by atoms with Gasteiger partial charge in [-0.3, -0.25) is 0 Å². The molecule has 1 aromatic heterocycles. The number of nitrogens with two attached hydrogens (primary N) is 1. The van der Waals surface area contributed by atoms with Crippen LogP contribution >= 0.6 is 11.6 Å². The van der Waals surface area contributed by atoms with Gasteiger partial charge < -0.3 is 10.5 Å². The molecule has 0 aliphatic carbocycles. The van der Waals surface area contributed by atoms with Crippen LogP contribution in [0.2, 0.25) is 5.02 Å².